The Balaban J connectivity index is 1.37. The highest BCUT2D eigenvalue weighted by Crippen LogP contribution is 2.29. The average molecular weight is 286 g/mol. The highest BCUT2D eigenvalue weighted by Gasteiger charge is 2.31. The number of aryl methyl sites for hydroxylation is 2. The molecule has 0 unspecified atom stereocenters. The van der Waals surface area contributed by atoms with Gasteiger partial charge in [-0.2, -0.15) is 0 Å². The van der Waals surface area contributed by atoms with Crippen LogP contribution in [0.3, 0.4) is 0 Å². The Bertz CT molecular complexity index is 470. The minimum absolute atomic E-state index is 0.209. The summed E-state index contributed by atoms with van der Waals surface area (Å²) in [5.74, 6) is 0.209. The monoisotopic (exact) mass is 286 g/mol. The SMILES string of the molecule is Cc1ccc(CCC(=O)NC2CCN(C3CC3)CC2)cc1. The highest BCUT2D eigenvalue weighted by molar-refractivity contribution is 5.76. The Morgan fingerprint density at radius 2 is 1.81 bits per heavy atom. The van der Waals surface area contributed by atoms with Crippen LogP contribution in [0.5, 0.6) is 0 Å². The molecule has 2 aliphatic rings. The first-order chi connectivity index (χ1) is 10.2. The lowest BCUT2D eigenvalue weighted by atomic mass is 10.0. The Labute approximate surface area is 127 Å². The summed E-state index contributed by atoms with van der Waals surface area (Å²) in [6.07, 6.45) is 6.44. The minimum atomic E-state index is 0.209. The molecular formula is C18H26N2O. The number of likely N-dealkylation sites (tertiary alicyclic amines) is 1. The van der Waals surface area contributed by atoms with Crippen LogP contribution in [0.1, 0.15) is 43.2 Å². The van der Waals surface area contributed by atoms with Crippen molar-refractivity contribution >= 4 is 5.91 Å². The van der Waals surface area contributed by atoms with Crippen LogP contribution in [0.25, 0.3) is 0 Å². The van der Waals surface area contributed by atoms with Gasteiger partial charge < -0.3 is 10.2 Å². The number of nitrogens with zero attached hydrogens (tertiary/aromatic N) is 1. The van der Waals surface area contributed by atoms with E-state index in [9.17, 15) is 4.79 Å². The first-order valence-electron chi connectivity index (χ1n) is 8.29. The topological polar surface area (TPSA) is 32.3 Å². The smallest absolute Gasteiger partial charge is 0.220 e. The molecule has 1 amide bonds. The third-order valence-corrected chi connectivity index (χ3v) is 4.72. The van der Waals surface area contributed by atoms with Gasteiger partial charge in [-0.1, -0.05) is 29.8 Å². The van der Waals surface area contributed by atoms with Crippen LogP contribution in [-0.4, -0.2) is 36.0 Å². The molecule has 0 atom stereocenters. The van der Waals surface area contributed by atoms with Crippen molar-refractivity contribution in [3.05, 3.63) is 35.4 Å². The summed E-state index contributed by atoms with van der Waals surface area (Å²) in [4.78, 5) is 14.6. The third kappa shape index (κ3) is 4.31. The summed E-state index contributed by atoms with van der Waals surface area (Å²) in [5, 5.41) is 3.21. The second kappa shape index (κ2) is 6.61. The maximum atomic E-state index is 12.1. The molecule has 1 aliphatic heterocycles. The second-order valence-electron chi connectivity index (χ2n) is 6.59. The molecule has 1 aromatic carbocycles. The molecule has 21 heavy (non-hydrogen) atoms. The molecule has 0 radical (unpaired) electrons. The molecule has 1 aliphatic carbocycles. The number of nitrogens with one attached hydrogen (secondary N) is 1. The summed E-state index contributed by atoms with van der Waals surface area (Å²) in [6, 6.07) is 9.73. The van der Waals surface area contributed by atoms with E-state index in [2.05, 4.69) is 41.4 Å². The molecule has 1 saturated carbocycles. The molecule has 3 heteroatoms. The summed E-state index contributed by atoms with van der Waals surface area (Å²) < 4.78 is 0. The van der Waals surface area contributed by atoms with Gasteiger partial charge >= 0.3 is 0 Å². The molecule has 3 rings (SSSR count). The van der Waals surface area contributed by atoms with Gasteiger partial charge in [-0.25, -0.2) is 0 Å². The molecule has 114 valence electrons. The van der Waals surface area contributed by atoms with Crippen LogP contribution in [-0.2, 0) is 11.2 Å². The fourth-order valence-corrected chi connectivity index (χ4v) is 3.16. The van der Waals surface area contributed by atoms with Gasteiger partial charge in [0.2, 0.25) is 5.91 Å². The van der Waals surface area contributed by atoms with Gasteiger partial charge in [0.05, 0.1) is 0 Å². The highest BCUT2D eigenvalue weighted by atomic mass is 16.1. The molecule has 0 bridgehead atoms. The molecule has 1 N–H and O–H groups in total. The maximum Gasteiger partial charge on any atom is 0.220 e. The fourth-order valence-electron chi connectivity index (χ4n) is 3.16. The molecule has 0 spiro atoms. The summed E-state index contributed by atoms with van der Waals surface area (Å²) >= 11 is 0. The summed E-state index contributed by atoms with van der Waals surface area (Å²) in [6.45, 7) is 4.41. The quantitative estimate of drug-likeness (QED) is 0.902. The van der Waals surface area contributed by atoms with E-state index in [1.54, 1.807) is 0 Å². The summed E-state index contributed by atoms with van der Waals surface area (Å²) in [5.41, 5.74) is 2.52. The van der Waals surface area contributed by atoms with Crippen molar-refractivity contribution < 1.29 is 4.79 Å². The molecule has 1 saturated heterocycles. The zero-order chi connectivity index (χ0) is 14.7. The molecule has 2 fully saturated rings. The van der Waals surface area contributed by atoms with E-state index in [0.717, 1.165) is 38.4 Å². The van der Waals surface area contributed by atoms with Crippen LogP contribution in [0.4, 0.5) is 0 Å². The zero-order valence-corrected chi connectivity index (χ0v) is 13.0. The Kier molecular flexibility index (Phi) is 4.59. The average Bonchev–Trinajstić information content (AvgIpc) is 3.32. The third-order valence-electron chi connectivity index (χ3n) is 4.72. The molecular weight excluding hydrogens is 260 g/mol. The Morgan fingerprint density at radius 3 is 2.43 bits per heavy atom. The molecule has 1 aromatic rings. The number of rotatable bonds is 5. The van der Waals surface area contributed by atoms with E-state index in [0.29, 0.717) is 12.5 Å². The van der Waals surface area contributed by atoms with E-state index < -0.39 is 0 Å². The zero-order valence-electron chi connectivity index (χ0n) is 13.0. The van der Waals surface area contributed by atoms with E-state index in [1.165, 1.54) is 24.0 Å². The standard InChI is InChI=1S/C18H26N2O/c1-14-2-4-15(5-3-14)6-9-18(21)19-16-10-12-20(13-11-16)17-7-8-17/h2-5,16-17H,6-13H2,1H3,(H,19,21). The molecule has 1 heterocycles. The van der Waals surface area contributed by atoms with E-state index >= 15 is 0 Å². The van der Waals surface area contributed by atoms with Crippen LogP contribution >= 0.6 is 0 Å². The van der Waals surface area contributed by atoms with Crippen molar-refractivity contribution in [2.75, 3.05) is 13.1 Å². The number of hydrogen-bond acceptors (Lipinski definition) is 2. The van der Waals surface area contributed by atoms with Gasteiger partial charge in [0.15, 0.2) is 0 Å². The normalized spacial score (nSPS) is 20.4. The number of carbonyl (C=O) groups is 1. The van der Waals surface area contributed by atoms with Gasteiger partial charge in [0, 0.05) is 31.6 Å². The van der Waals surface area contributed by atoms with Gasteiger partial charge in [-0.3, -0.25) is 4.79 Å². The minimum Gasteiger partial charge on any atom is -0.353 e. The number of carbonyl (C=O) groups excluding carboxylic acids is 1. The number of piperidine rings is 1. The number of hydrogen-bond donors (Lipinski definition) is 1. The van der Waals surface area contributed by atoms with Crippen molar-refractivity contribution in [1.29, 1.82) is 0 Å². The second-order valence-corrected chi connectivity index (χ2v) is 6.59. The van der Waals surface area contributed by atoms with E-state index in [4.69, 9.17) is 0 Å². The van der Waals surface area contributed by atoms with Gasteiger partial charge in [-0.15, -0.1) is 0 Å². The van der Waals surface area contributed by atoms with E-state index in [-0.39, 0.29) is 5.91 Å². The summed E-state index contributed by atoms with van der Waals surface area (Å²) in [7, 11) is 0. The lowest BCUT2D eigenvalue weighted by Gasteiger charge is -2.32. The van der Waals surface area contributed by atoms with Crippen LogP contribution in [0.15, 0.2) is 24.3 Å². The van der Waals surface area contributed by atoms with Crippen molar-refractivity contribution in [1.82, 2.24) is 10.2 Å². The molecule has 0 aromatic heterocycles. The van der Waals surface area contributed by atoms with Crippen molar-refractivity contribution in [3.8, 4) is 0 Å². The van der Waals surface area contributed by atoms with Crippen LogP contribution < -0.4 is 5.32 Å². The van der Waals surface area contributed by atoms with E-state index in [1.807, 2.05) is 0 Å². The number of benzene rings is 1. The fraction of sp³-hybridized carbons (Fsp3) is 0.611. The maximum absolute atomic E-state index is 12.1. The number of amides is 1. The van der Waals surface area contributed by atoms with Crippen LogP contribution in [0.2, 0.25) is 0 Å². The predicted molar refractivity (Wildman–Crippen MR) is 85.3 cm³/mol. The van der Waals surface area contributed by atoms with Crippen molar-refractivity contribution in [2.24, 2.45) is 0 Å². The first-order valence-corrected chi connectivity index (χ1v) is 8.29. The molecule has 3 nitrogen and oxygen atoms in total. The van der Waals surface area contributed by atoms with Crippen molar-refractivity contribution in [2.45, 2.75) is 57.5 Å². The lowest BCUT2D eigenvalue weighted by molar-refractivity contribution is -0.122. The Morgan fingerprint density at radius 1 is 1.14 bits per heavy atom. The van der Waals surface area contributed by atoms with Gasteiger partial charge in [0.1, 0.15) is 0 Å². The van der Waals surface area contributed by atoms with Crippen molar-refractivity contribution in [3.63, 3.8) is 0 Å². The predicted octanol–water partition coefficient (Wildman–Crippen LogP) is 2.67. The first kappa shape index (κ1) is 14.6. The van der Waals surface area contributed by atoms with Crippen LogP contribution in [0, 0.1) is 6.92 Å². The largest absolute Gasteiger partial charge is 0.353 e. The van der Waals surface area contributed by atoms with Gasteiger partial charge in [-0.05, 0) is 44.6 Å². The lowest BCUT2D eigenvalue weighted by Crippen LogP contribution is -2.45. The Hall–Kier alpha value is -1.35. The van der Waals surface area contributed by atoms with Gasteiger partial charge in [0.25, 0.3) is 0 Å².